The van der Waals surface area contributed by atoms with Gasteiger partial charge >= 0.3 is 5.63 Å². The zero-order valence-corrected chi connectivity index (χ0v) is 11.4. The van der Waals surface area contributed by atoms with Crippen LogP contribution in [0.3, 0.4) is 0 Å². The van der Waals surface area contributed by atoms with Crippen molar-refractivity contribution in [3.63, 3.8) is 0 Å². The molecule has 0 bridgehead atoms. The third-order valence-electron chi connectivity index (χ3n) is 3.48. The fourth-order valence-electron chi connectivity index (χ4n) is 2.47. The molecule has 20 heavy (non-hydrogen) atoms. The van der Waals surface area contributed by atoms with Crippen molar-refractivity contribution < 1.29 is 18.7 Å². The van der Waals surface area contributed by atoms with E-state index in [4.69, 9.17) is 13.9 Å². The first-order valence-electron chi connectivity index (χ1n) is 6.27. The molecular weight excluding hydrogens is 260 g/mol. The molecule has 0 fully saturated rings. The van der Waals surface area contributed by atoms with E-state index in [1.165, 1.54) is 13.2 Å². The van der Waals surface area contributed by atoms with Gasteiger partial charge in [0, 0.05) is 18.6 Å². The first kappa shape index (κ1) is 12.9. The van der Waals surface area contributed by atoms with Crippen molar-refractivity contribution in [1.82, 2.24) is 0 Å². The van der Waals surface area contributed by atoms with Gasteiger partial charge in [0.1, 0.15) is 11.3 Å². The summed E-state index contributed by atoms with van der Waals surface area (Å²) in [6, 6.07) is 6.54. The van der Waals surface area contributed by atoms with Crippen LogP contribution in [-0.4, -0.2) is 18.5 Å². The molecular formula is C15H14O5. The predicted molar refractivity (Wildman–Crippen MR) is 71.9 cm³/mol. The zero-order chi connectivity index (χ0) is 14.5. The molecule has 1 unspecified atom stereocenters. The first-order valence-corrected chi connectivity index (χ1v) is 6.27. The van der Waals surface area contributed by atoms with Gasteiger partial charge < -0.3 is 13.9 Å². The van der Waals surface area contributed by atoms with Crippen LogP contribution in [0.1, 0.15) is 25.5 Å². The summed E-state index contributed by atoms with van der Waals surface area (Å²) in [5, 5.41) is 0.724. The Labute approximate surface area is 115 Å². The highest BCUT2D eigenvalue weighted by Crippen LogP contribution is 2.42. The molecule has 0 saturated heterocycles. The van der Waals surface area contributed by atoms with Crippen LogP contribution in [0, 0.1) is 0 Å². The lowest BCUT2D eigenvalue weighted by molar-refractivity contribution is -0.145. The van der Waals surface area contributed by atoms with Crippen LogP contribution in [0.15, 0.2) is 33.5 Å². The van der Waals surface area contributed by atoms with Gasteiger partial charge in [0.15, 0.2) is 11.7 Å². The number of hydrogen-bond acceptors (Lipinski definition) is 5. The number of methoxy groups -OCH3 is 1. The Morgan fingerprint density at radius 2 is 1.85 bits per heavy atom. The second-order valence-corrected chi connectivity index (χ2v) is 5.24. The smallest absolute Gasteiger partial charge is 0.336 e. The second-order valence-electron chi connectivity index (χ2n) is 5.24. The molecule has 2 heterocycles. The Hall–Kier alpha value is -2.14. The maximum Gasteiger partial charge on any atom is 0.336 e. The number of hydrogen-bond donors (Lipinski definition) is 0. The first-order chi connectivity index (χ1) is 9.44. The van der Waals surface area contributed by atoms with E-state index in [2.05, 4.69) is 0 Å². The highest BCUT2D eigenvalue weighted by atomic mass is 16.5. The minimum absolute atomic E-state index is 0.202. The zero-order valence-electron chi connectivity index (χ0n) is 11.4. The molecule has 2 aromatic rings. The number of benzene rings is 1. The Morgan fingerprint density at radius 3 is 2.55 bits per heavy atom. The maximum absolute atomic E-state index is 12.4. The van der Waals surface area contributed by atoms with Crippen LogP contribution in [0.2, 0.25) is 0 Å². The van der Waals surface area contributed by atoms with E-state index >= 15 is 0 Å². The molecule has 1 aromatic carbocycles. The van der Waals surface area contributed by atoms with Gasteiger partial charge in [-0.25, -0.2) is 4.79 Å². The Bertz CT molecular complexity index is 756. The van der Waals surface area contributed by atoms with E-state index in [-0.39, 0.29) is 5.78 Å². The van der Waals surface area contributed by atoms with Gasteiger partial charge in [-0.05, 0) is 32.0 Å². The molecule has 0 amide bonds. The summed E-state index contributed by atoms with van der Waals surface area (Å²) in [6.07, 6.45) is -0.803. The van der Waals surface area contributed by atoms with Crippen LogP contribution in [0.4, 0.5) is 0 Å². The molecule has 1 aromatic heterocycles. The van der Waals surface area contributed by atoms with E-state index in [0.29, 0.717) is 16.9 Å². The van der Waals surface area contributed by atoms with E-state index in [1.807, 2.05) is 0 Å². The Kier molecular flexibility index (Phi) is 2.69. The topological polar surface area (TPSA) is 65.7 Å². The van der Waals surface area contributed by atoms with Crippen LogP contribution in [0.25, 0.3) is 11.0 Å². The average Bonchev–Trinajstić information content (AvgIpc) is 2.40. The van der Waals surface area contributed by atoms with Crippen LogP contribution >= 0.6 is 0 Å². The molecule has 1 atom stereocenters. The molecule has 1 aliphatic rings. The summed E-state index contributed by atoms with van der Waals surface area (Å²) in [5.41, 5.74) is -0.632. The Morgan fingerprint density at radius 1 is 1.15 bits per heavy atom. The van der Waals surface area contributed by atoms with Crippen LogP contribution in [0.5, 0.6) is 5.75 Å². The standard InChI is InChI=1S/C15H14O5/c1-15(2)14(17)13(18-3)11-9(20-15)6-4-8-5-7-10(16)19-12(8)11/h4-7,13H,1-3H3. The molecule has 0 saturated carbocycles. The normalized spacial score (nSPS) is 20.6. The lowest BCUT2D eigenvalue weighted by Crippen LogP contribution is -2.45. The van der Waals surface area contributed by atoms with Gasteiger partial charge in [0.2, 0.25) is 5.78 Å². The SMILES string of the molecule is COC1C(=O)C(C)(C)Oc2ccc3ccc(=O)oc3c21. The van der Waals surface area contributed by atoms with Crippen molar-refractivity contribution in [2.45, 2.75) is 25.6 Å². The van der Waals surface area contributed by atoms with Gasteiger partial charge in [-0.1, -0.05) is 0 Å². The molecule has 5 nitrogen and oxygen atoms in total. The number of Topliss-reactive ketones (excluding diaryl/α,β-unsaturated/α-hetero) is 1. The van der Waals surface area contributed by atoms with Crippen molar-refractivity contribution in [3.8, 4) is 5.75 Å². The number of carbonyl (C=O) groups is 1. The fraction of sp³-hybridized carbons (Fsp3) is 0.333. The quantitative estimate of drug-likeness (QED) is 0.746. The van der Waals surface area contributed by atoms with E-state index in [0.717, 1.165) is 5.39 Å². The lowest BCUT2D eigenvalue weighted by atomic mass is 9.89. The molecule has 104 valence electrons. The number of ketones is 1. The van der Waals surface area contributed by atoms with Crippen molar-refractivity contribution >= 4 is 16.8 Å². The molecule has 3 rings (SSSR count). The summed E-state index contributed by atoms with van der Waals surface area (Å²) in [4.78, 5) is 23.8. The molecule has 0 aliphatic carbocycles. The van der Waals surface area contributed by atoms with E-state index in [9.17, 15) is 9.59 Å². The fourth-order valence-corrected chi connectivity index (χ4v) is 2.47. The molecule has 0 spiro atoms. The molecule has 0 radical (unpaired) electrons. The summed E-state index contributed by atoms with van der Waals surface area (Å²) in [5.74, 6) is 0.301. The van der Waals surface area contributed by atoms with E-state index in [1.54, 1.807) is 32.0 Å². The van der Waals surface area contributed by atoms with Crippen molar-refractivity contribution in [1.29, 1.82) is 0 Å². The van der Waals surface area contributed by atoms with Crippen LogP contribution in [-0.2, 0) is 9.53 Å². The largest absolute Gasteiger partial charge is 0.479 e. The van der Waals surface area contributed by atoms with Crippen molar-refractivity contribution in [2.24, 2.45) is 0 Å². The van der Waals surface area contributed by atoms with Crippen molar-refractivity contribution in [2.75, 3.05) is 7.11 Å². The summed E-state index contributed by atoms with van der Waals surface area (Å²) < 4.78 is 16.3. The Balaban J connectivity index is 2.37. The van der Waals surface area contributed by atoms with Gasteiger partial charge in [0.05, 0.1) is 5.56 Å². The highest BCUT2D eigenvalue weighted by Gasteiger charge is 2.44. The number of rotatable bonds is 1. The van der Waals surface area contributed by atoms with Gasteiger partial charge in [0.25, 0.3) is 0 Å². The second kappa shape index (κ2) is 4.18. The minimum Gasteiger partial charge on any atom is -0.479 e. The van der Waals surface area contributed by atoms with Gasteiger partial charge in [-0.2, -0.15) is 0 Å². The molecule has 1 aliphatic heterocycles. The third-order valence-corrected chi connectivity index (χ3v) is 3.48. The van der Waals surface area contributed by atoms with Gasteiger partial charge in [-0.15, -0.1) is 0 Å². The number of ether oxygens (including phenoxy) is 2. The molecule has 5 heteroatoms. The van der Waals surface area contributed by atoms with Crippen LogP contribution < -0.4 is 10.4 Å². The molecule has 0 N–H and O–H groups in total. The monoisotopic (exact) mass is 274 g/mol. The summed E-state index contributed by atoms with van der Waals surface area (Å²) in [6.45, 7) is 3.38. The predicted octanol–water partition coefficient (Wildman–Crippen LogP) is 2.22. The third kappa shape index (κ3) is 1.74. The van der Waals surface area contributed by atoms with E-state index < -0.39 is 17.3 Å². The highest BCUT2D eigenvalue weighted by molar-refractivity contribution is 5.98. The minimum atomic E-state index is -0.976. The summed E-state index contributed by atoms with van der Waals surface area (Å²) >= 11 is 0. The van der Waals surface area contributed by atoms with Crippen molar-refractivity contribution in [3.05, 3.63) is 40.2 Å². The average molecular weight is 274 g/mol. The maximum atomic E-state index is 12.4. The number of carbonyl (C=O) groups excluding carboxylic acids is 1. The summed E-state index contributed by atoms with van der Waals surface area (Å²) in [7, 11) is 1.45. The van der Waals surface area contributed by atoms with Gasteiger partial charge in [-0.3, -0.25) is 4.79 Å². The number of fused-ring (bicyclic) bond motifs is 3. The lowest BCUT2D eigenvalue weighted by Gasteiger charge is -2.35.